The van der Waals surface area contributed by atoms with Gasteiger partial charge in [0.1, 0.15) is 6.54 Å². The second-order valence-corrected chi connectivity index (χ2v) is 6.26. The summed E-state index contributed by atoms with van der Waals surface area (Å²) in [6.45, 7) is 1.81. The Morgan fingerprint density at radius 2 is 2.09 bits per heavy atom. The van der Waals surface area contributed by atoms with E-state index in [0.29, 0.717) is 10.7 Å². The predicted molar refractivity (Wildman–Crippen MR) is 90.0 cm³/mol. The molecule has 0 spiro atoms. The van der Waals surface area contributed by atoms with Gasteiger partial charge < -0.3 is 5.32 Å². The first-order valence-electron chi connectivity index (χ1n) is 7.69. The number of hydrogen-bond donors (Lipinski definition) is 1. The minimum atomic E-state index is -0.318. The molecule has 5 nitrogen and oxygen atoms in total. The van der Waals surface area contributed by atoms with Crippen LogP contribution in [-0.4, -0.2) is 15.7 Å². The second kappa shape index (κ2) is 6.54. The Bertz CT molecular complexity index is 814. The quantitative estimate of drug-likeness (QED) is 0.940. The maximum Gasteiger partial charge on any atom is 0.267 e. The molecule has 2 aromatic rings. The highest BCUT2D eigenvalue weighted by atomic mass is 35.5. The first-order chi connectivity index (χ1) is 11.0. The molecule has 1 aliphatic rings. The van der Waals surface area contributed by atoms with Crippen LogP contribution in [0, 0.1) is 6.92 Å². The van der Waals surface area contributed by atoms with E-state index in [1.807, 2.05) is 13.0 Å². The van der Waals surface area contributed by atoms with Crippen molar-refractivity contribution in [1.82, 2.24) is 9.78 Å². The third-order valence-electron chi connectivity index (χ3n) is 3.97. The van der Waals surface area contributed by atoms with Crippen LogP contribution in [0.5, 0.6) is 0 Å². The topological polar surface area (TPSA) is 64.0 Å². The molecule has 1 aromatic heterocycles. The lowest BCUT2D eigenvalue weighted by Gasteiger charge is -2.16. The molecule has 1 aromatic carbocycles. The number of nitrogens with zero attached hydrogens (tertiary/aromatic N) is 2. The van der Waals surface area contributed by atoms with E-state index in [2.05, 4.69) is 10.4 Å². The van der Waals surface area contributed by atoms with E-state index in [0.717, 1.165) is 42.5 Å². The van der Waals surface area contributed by atoms with Crippen molar-refractivity contribution in [3.63, 3.8) is 0 Å². The average molecular weight is 332 g/mol. The molecule has 1 N–H and O–H groups in total. The van der Waals surface area contributed by atoms with Crippen molar-refractivity contribution in [3.05, 3.63) is 56.5 Å². The van der Waals surface area contributed by atoms with Crippen LogP contribution in [0.3, 0.4) is 0 Å². The minimum Gasteiger partial charge on any atom is -0.323 e. The summed E-state index contributed by atoms with van der Waals surface area (Å²) in [4.78, 5) is 24.3. The number of carbonyl (C=O) groups is 1. The summed E-state index contributed by atoms with van der Waals surface area (Å²) in [5.41, 5.74) is 3.25. The lowest BCUT2D eigenvalue weighted by molar-refractivity contribution is -0.117. The van der Waals surface area contributed by atoms with Gasteiger partial charge in [0.2, 0.25) is 5.91 Å². The van der Waals surface area contributed by atoms with Gasteiger partial charge in [-0.05, 0) is 55.9 Å². The van der Waals surface area contributed by atoms with Gasteiger partial charge in [0.25, 0.3) is 5.56 Å². The first-order valence-corrected chi connectivity index (χ1v) is 8.06. The fraction of sp³-hybridized carbons (Fsp3) is 0.353. The molecule has 0 bridgehead atoms. The van der Waals surface area contributed by atoms with Crippen LogP contribution in [0.15, 0.2) is 29.1 Å². The van der Waals surface area contributed by atoms with Gasteiger partial charge in [0.15, 0.2) is 0 Å². The highest BCUT2D eigenvalue weighted by Gasteiger charge is 2.15. The lowest BCUT2D eigenvalue weighted by atomic mass is 9.97. The molecule has 0 atom stereocenters. The number of hydrogen-bond acceptors (Lipinski definition) is 3. The summed E-state index contributed by atoms with van der Waals surface area (Å²) in [5.74, 6) is -0.318. The largest absolute Gasteiger partial charge is 0.323 e. The Morgan fingerprint density at radius 3 is 2.87 bits per heavy atom. The van der Waals surface area contributed by atoms with E-state index in [4.69, 9.17) is 11.6 Å². The second-order valence-electron chi connectivity index (χ2n) is 5.85. The fourth-order valence-electron chi connectivity index (χ4n) is 2.76. The number of nitrogens with one attached hydrogen (secondary N) is 1. The molecule has 120 valence electrons. The summed E-state index contributed by atoms with van der Waals surface area (Å²) >= 11 is 6.10. The Morgan fingerprint density at radius 1 is 1.30 bits per heavy atom. The molecule has 0 unspecified atom stereocenters. The summed E-state index contributed by atoms with van der Waals surface area (Å²) < 4.78 is 1.22. The molecule has 1 aliphatic carbocycles. The summed E-state index contributed by atoms with van der Waals surface area (Å²) in [7, 11) is 0. The van der Waals surface area contributed by atoms with E-state index in [-0.39, 0.29) is 18.0 Å². The molecule has 3 rings (SSSR count). The van der Waals surface area contributed by atoms with Crippen LogP contribution in [0.4, 0.5) is 5.69 Å². The average Bonchev–Trinajstić information content (AvgIpc) is 2.51. The lowest BCUT2D eigenvalue weighted by Crippen LogP contribution is -2.31. The Labute approximate surface area is 139 Å². The number of amides is 1. The number of carbonyl (C=O) groups excluding carboxylic acids is 1. The number of aromatic nitrogens is 2. The van der Waals surface area contributed by atoms with Gasteiger partial charge in [0, 0.05) is 6.07 Å². The molecule has 0 aliphatic heterocycles. The highest BCUT2D eigenvalue weighted by molar-refractivity contribution is 6.33. The maximum atomic E-state index is 12.2. The molecule has 0 saturated carbocycles. The molecule has 0 radical (unpaired) electrons. The summed E-state index contributed by atoms with van der Waals surface area (Å²) in [5, 5.41) is 7.54. The smallest absolute Gasteiger partial charge is 0.267 e. The molecule has 0 saturated heterocycles. The monoisotopic (exact) mass is 331 g/mol. The van der Waals surface area contributed by atoms with Crippen molar-refractivity contribution in [2.24, 2.45) is 0 Å². The van der Waals surface area contributed by atoms with Gasteiger partial charge in [-0.25, -0.2) is 4.68 Å². The van der Waals surface area contributed by atoms with E-state index in [1.54, 1.807) is 18.2 Å². The number of halogens is 1. The normalized spacial score (nSPS) is 13.5. The number of fused-ring (bicyclic) bond motifs is 1. The van der Waals surface area contributed by atoms with E-state index < -0.39 is 0 Å². The number of benzene rings is 1. The third-order valence-corrected chi connectivity index (χ3v) is 4.28. The van der Waals surface area contributed by atoms with Crippen LogP contribution in [0.2, 0.25) is 5.02 Å². The highest BCUT2D eigenvalue weighted by Crippen LogP contribution is 2.22. The van der Waals surface area contributed by atoms with E-state index in [9.17, 15) is 9.59 Å². The molecule has 23 heavy (non-hydrogen) atoms. The van der Waals surface area contributed by atoms with E-state index in [1.165, 1.54) is 4.68 Å². The maximum absolute atomic E-state index is 12.2. The van der Waals surface area contributed by atoms with Crippen LogP contribution in [0.25, 0.3) is 0 Å². The van der Waals surface area contributed by atoms with Crippen molar-refractivity contribution in [2.45, 2.75) is 39.2 Å². The molecule has 6 heteroatoms. The van der Waals surface area contributed by atoms with Gasteiger partial charge in [-0.1, -0.05) is 17.7 Å². The van der Waals surface area contributed by atoms with Gasteiger partial charge in [0.05, 0.1) is 16.4 Å². The zero-order chi connectivity index (χ0) is 16.4. The zero-order valence-corrected chi connectivity index (χ0v) is 13.7. The molecular formula is C17H18ClN3O2. The molecular weight excluding hydrogens is 314 g/mol. The zero-order valence-electron chi connectivity index (χ0n) is 12.9. The van der Waals surface area contributed by atoms with E-state index >= 15 is 0 Å². The van der Waals surface area contributed by atoms with Crippen LogP contribution < -0.4 is 10.9 Å². The molecule has 0 fully saturated rings. The third kappa shape index (κ3) is 3.62. The summed E-state index contributed by atoms with van der Waals surface area (Å²) in [6, 6.07) is 7.00. The Hall–Kier alpha value is -2.14. The van der Waals surface area contributed by atoms with Crippen molar-refractivity contribution in [3.8, 4) is 0 Å². The van der Waals surface area contributed by atoms with Gasteiger partial charge in [-0.15, -0.1) is 0 Å². The number of aryl methyl sites for hydroxylation is 3. The van der Waals surface area contributed by atoms with Crippen LogP contribution >= 0.6 is 11.6 Å². The number of rotatable bonds is 3. The summed E-state index contributed by atoms with van der Waals surface area (Å²) in [6.07, 6.45) is 3.92. The van der Waals surface area contributed by atoms with Gasteiger partial charge in [-0.2, -0.15) is 5.10 Å². The van der Waals surface area contributed by atoms with Crippen molar-refractivity contribution >= 4 is 23.2 Å². The SMILES string of the molecule is Cc1ccc(NC(=O)Cn2nc3c(cc2=O)CCCC3)c(Cl)c1. The Balaban J connectivity index is 1.76. The minimum absolute atomic E-state index is 0.115. The Kier molecular flexibility index (Phi) is 4.48. The predicted octanol–water partition coefficient (Wildman–Crippen LogP) is 2.72. The fourth-order valence-corrected chi connectivity index (χ4v) is 3.04. The van der Waals surface area contributed by atoms with Crippen LogP contribution in [-0.2, 0) is 24.2 Å². The van der Waals surface area contributed by atoms with Crippen LogP contribution in [0.1, 0.15) is 29.7 Å². The number of anilines is 1. The van der Waals surface area contributed by atoms with Gasteiger partial charge in [-0.3, -0.25) is 9.59 Å². The molecule has 1 heterocycles. The van der Waals surface area contributed by atoms with Gasteiger partial charge >= 0.3 is 0 Å². The first kappa shape index (κ1) is 15.7. The van der Waals surface area contributed by atoms with Crippen molar-refractivity contribution < 1.29 is 4.79 Å². The molecule has 1 amide bonds. The van der Waals surface area contributed by atoms with Crippen molar-refractivity contribution in [2.75, 3.05) is 5.32 Å². The standard InChI is InChI=1S/C17H18ClN3O2/c1-11-6-7-15(13(18)8-11)19-16(22)10-21-17(23)9-12-4-2-3-5-14(12)20-21/h6-9H,2-5,10H2,1H3,(H,19,22). The van der Waals surface area contributed by atoms with Crippen molar-refractivity contribution in [1.29, 1.82) is 0 Å².